The summed E-state index contributed by atoms with van der Waals surface area (Å²) in [7, 11) is 0. The van der Waals surface area contributed by atoms with Crippen LogP contribution >= 0.6 is 0 Å². The Kier molecular flexibility index (Phi) is 2.38. The molecule has 0 aliphatic carbocycles. The second-order valence-electron chi connectivity index (χ2n) is 2.47. The van der Waals surface area contributed by atoms with E-state index in [1.165, 1.54) is 6.07 Å². The van der Waals surface area contributed by atoms with Crippen LogP contribution in [0.25, 0.3) is 0 Å². The van der Waals surface area contributed by atoms with Crippen LogP contribution in [0.3, 0.4) is 0 Å². The van der Waals surface area contributed by atoms with E-state index in [0.29, 0.717) is 5.69 Å². The van der Waals surface area contributed by atoms with Crippen molar-refractivity contribution in [3.8, 4) is 0 Å². The Hall–Kier alpha value is -1.45. The molecule has 0 aromatic carbocycles. The maximum absolute atomic E-state index is 12.8. The molecule has 1 rings (SSSR count). The van der Waals surface area contributed by atoms with Gasteiger partial charge in [0.2, 0.25) is 5.95 Å². The summed E-state index contributed by atoms with van der Waals surface area (Å²) in [5.41, 5.74) is 0.662. The zero-order chi connectivity index (χ0) is 9.14. The van der Waals surface area contributed by atoms with Crippen LogP contribution in [0, 0.1) is 12.9 Å². The van der Waals surface area contributed by atoms with Crippen LogP contribution in [0.1, 0.15) is 11.3 Å². The molecular formula is C8H8FNO2. The summed E-state index contributed by atoms with van der Waals surface area (Å²) in [5.74, 6) is -1.75. The molecule has 12 heavy (non-hydrogen) atoms. The highest BCUT2D eigenvalue weighted by Crippen LogP contribution is 2.06. The minimum absolute atomic E-state index is 0.119. The van der Waals surface area contributed by atoms with Gasteiger partial charge in [-0.05, 0) is 13.0 Å². The zero-order valence-corrected chi connectivity index (χ0v) is 6.54. The fourth-order valence-corrected chi connectivity index (χ4v) is 0.849. The van der Waals surface area contributed by atoms with Crippen molar-refractivity contribution in [1.82, 2.24) is 4.98 Å². The molecule has 1 N–H and O–H groups in total. The van der Waals surface area contributed by atoms with Gasteiger partial charge >= 0.3 is 5.97 Å². The van der Waals surface area contributed by atoms with E-state index in [1.807, 2.05) is 0 Å². The van der Waals surface area contributed by atoms with Gasteiger partial charge in [-0.1, -0.05) is 6.07 Å². The summed E-state index contributed by atoms with van der Waals surface area (Å²) in [6, 6.07) is 3.02. The first-order chi connectivity index (χ1) is 5.59. The number of carboxylic acid groups (broad SMARTS) is 1. The van der Waals surface area contributed by atoms with E-state index in [2.05, 4.69) is 4.98 Å². The Bertz CT molecular complexity index is 312. The molecule has 64 valence electrons. The third-order valence-corrected chi connectivity index (χ3v) is 1.41. The predicted molar refractivity (Wildman–Crippen MR) is 40.3 cm³/mol. The van der Waals surface area contributed by atoms with Crippen molar-refractivity contribution in [1.29, 1.82) is 0 Å². The molecule has 1 aromatic heterocycles. The fraction of sp³-hybridized carbons (Fsp3) is 0.250. The molecule has 1 heterocycles. The minimum atomic E-state index is -1.06. The predicted octanol–water partition coefficient (Wildman–Crippen LogP) is 1.16. The van der Waals surface area contributed by atoms with Gasteiger partial charge in [0.15, 0.2) is 0 Å². The van der Waals surface area contributed by atoms with Crippen LogP contribution in [0.5, 0.6) is 0 Å². The van der Waals surface area contributed by atoms with Gasteiger partial charge < -0.3 is 5.11 Å². The molecule has 3 nitrogen and oxygen atoms in total. The van der Waals surface area contributed by atoms with Crippen LogP contribution in [0.15, 0.2) is 12.1 Å². The van der Waals surface area contributed by atoms with E-state index < -0.39 is 11.9 Å². The molecule has 0 amide bonds. The average molecular weight is 169 g/mol. The van der Waals surface area contributed by atoms with Gasteiger partial charge in [0.05, 0.1) is 6.42 Å². The van der Waals surface area contributed by atoms with Crippen LogP contribution < -0.4 is 0 Å². The van der Waals surface area contributed by atoms with Gasteiger partial charge in [-0.3, -0.25) is 4.79 Å². The molecule has 4 heteroatoms. The normalized spacial score (nSPS) is 9.83. The highest BCUT2D eigenvalue weighted by Gasteiger charge is 2.07. The third kappa shape index (κ3) is 2.02. The molecule has 0 radical (unpaired) electrons. The lowest BCUT2D eigenvalue weighted by atomic mass is 10.2. The number of aryl methyl sites for hydroxylation is 1. The Morgan fingerprint density at radius 2 is 2.33 bits per heavy atom. The molecular weight excluding hydrogens is 161 g/mol. The molecule has 0 saturated heterocycles. The number of halogens is 1. The Morgan fingerprint density at radius 1 is 1.67 bits per heavy atom. The monoisotopic (exact) mass is 169 g/mol. The Labute approximate surface area is 68.9 Å². The van der Waals surface area contributed by atoms with E-state index in [1.54, 1.807) is 13.0 Å². The second-order valence-corrected chi connectivity index (χ2v) is 2.47. The number of hydrogen-bond donors (Lipinski definition) is 1. The molecule has 0 saturated carbocycles. The van der Waals surface area contributed by atoms with Crippen molar-refractivity contribution in [2.45, 2.75) is 13.3 Å². The van der Waals surface area contributed by atoms with E-state index in [-0.39, 0.29) is 12.0 Å². The van der Waals surface area contributed by atoms with Crippen molar-refractivity contribution in [2.75, 3.05) is 0 Å². The summed E-state index contributed by atoms with van der Waals surface area (Å²) < 4.78 is 12.8. The topological polar surface area (TPSA) is 50.2 Å². The molecule has 0 bridgehead atoms. The van der Waals surface area contributed by atoms with Crippen LogP contribution in [0.4, 0.5) is 4.39 Å². The zero-order valence-electron chi connectivity index (χ0n) is 6.54. The maximum atomic E-state index is 12.8. The summed E-state index contributed by atoms with van der Waals surface area (Å²) in [6.45, 7) is 1.65. The molecule has 0 unspecified atom stereocenters. The molecule has 0 aliphatic heterocycles. The summed E-state index contributed by atoms with van der Waals surface area (Å²) in [5, 5.41) is 8.37. The number of nitrogens with zero attached hydrogens (tertiary/aromatic N) is 1. The number of rotatable bonds is 2. The third-order valence-electron chi connectivity index (χ3n) is 1.41. The number of pyridine rings is 1. The molecule has 0 fully saturated rings. The molecule has 0 aliphatic rings. The lowest BCUT2D eigenvalue weighted by Crippen LogP contribution is -2.04. The highest BCUT2D eigenvalue weighted by molar-refractivity contribution is 5.70. The first-order valence-corrected chi connectivity index (χ1v) is 3.43. The first-order valence-electron chi connectivity index (χ1n) is 3.43. The van der Waals surface area contributed by atoms with E-state index in [4.69, 9.17) is 5.11 Å². The number of aliphatic carboxylic acids is 1. The average Bonchev–Trinajstić information content (AvgIpc) is 1.94. The number of carbonyl (C=O) groups is 1. The van der Waals surface area contributed by atoms with Gasteiger partial charge in [0.25, 0.3) is 0 Å². The maximum Gasteiger partial charge on any atom is 0.307 e. The van der Waals surface area contributed by atoms with E-state index in [9.17, 15) is 9.18 Å². The molecule has 0 spiro atoms. The van der Waals surface area contributed by atoms with Crippen LogP contribution in [-0.2, 0) is 11.2 Å². The lowest BCUT2D eigenvalue weighted by molar-refractivity contribution is -0.136. The largest absolute Gasteiger partial charge is 0.481 e. The van der Waals surface area contributed by atoms with Gasteiger partial charge in [0.1, 0.15) is 0 Å². The summed E-state index contributed by atoms with van der Waals surface area (Å²) in [6.07, 6.45) is -0.320. The van der Waals surface area contributed by atoms with Crippen LogP contribution in [0.2, 0.25) is 0 Å². The van der Waals surface area contributed by atoms with Crippen LogP contribution in [-0.4, -0.2) is 16.1 Å². The van der Waals surface area contributed by atoms with Crippen molar-refractivity contribution < 1.29 is 14.3 Å². The van der Waals surface area contributed by atoms with E-state index in [0.717, 1.165) is 0 Å². The van der Waals surface area contributed by atoms with Gasteiger partial charge in [-0.25, -0.2) is 4.98 Å². The number of aromatic nitrogens is 1. The quantitative estimate of drug-likeness (QED) is 0.676. The minimum Gasteiger partial charge on any atom is -0.481 e. The standard InChI is InChI=1S/C8H8FNO2/c1-5-2-3-6(4-7(11)12)8(9)10-5/h2-3H,4H2,1H3,(H,11,12). The fourth-order valence-electron chi connectivity index (χ4n) is 0.849. The lowest BCUT2D eigenvalue weighted by Gasteiger charge is -1.98. The van der Waals surface area contributed by atoms with Crippen molar-refractivity contribution in [3.05, 3.63) is 29.3 Å². The number of carboxylic acids is 1. The SMILES string of the molecule is Cc1ccc(CC(=O)O)c(F)n1. The summed E-state index contributed by atoms with van der Waals surface area (Å²) >= 11 is 0. The van der Waals surface area contributed by atoms with Gasteiger partial charge in [-0.2, -0.15) is 4.39 Å². The molecule has 1 aromatic rings. The van der Waals surface area contributed by atoms with Gasteiger partial charge in [-0.15, -0.1) is 0 Å². The van der Waals surface area contributed by atoms with Gasteiger partial charge in [0, 0.05) is 11.3 Å². The Morgan fingerprint density at radius 3 is 2.83 bits per heavy atom. The van der Waals surface area contributed by atoms with E-state index >= 15 is 0 Å². The van der Waals surface area contributed by atoms with Crippen molar-refractivity contribution >= 4 is 5.97 Å². The second kappa shape index (κ2) is 3.30. The first kappa shape index (κ1) is 8.64. The summed E-state index contributed by atoms with van der Waals surface area (Å²) in [4.78, 5) is 13.7. The molecule has 0 atom stereocenters. The highest BCUT2D eigenvalue weighted by atomic mass is 19.1. The smallest absolute Gasteiger partial charge is 0.307 e. The van der Waals surface area contributed by atoms with Crippen molar-refractivity contribution in [2.24, 2.45) is 0 Å². The Balaban J connectivity index is 2.93. The number of hydrogen-bond acceptors (Lipinski definition) is 2. The van der Waals surface area contributed by atoms with Crippen molar-refractivity contribution in [3.63, 3.8) is 0 Å².